The van der Waals surface area contributed by atoms with Crippen LogP contribution in [-0.4, -0.2) is 71.7 Å². The van der Waals surface area contributed by atoms with Crippen LogP contribution >= 0.6 is 0 Å². The van der Waals surface area contributed by atoms with E-state index in [9.17, 15) is 14.4 Å². The molecule has 3 amide bonds. The molecule has 0 saturated carbocycles. The highest BCUT2D eigenvalue weighted by atomic mass is 16.5. The molecule has 0 aromatic carbocycles. The molecule has 3 fully saturated rings. The second kappa shape index (κ2) is 8.37. The minimum absolute atomic E-state index is 0.0437. The van der Waals surface area contributed by atoms with Crippen molar-refractivity contribution in [2.24, 2.45) is 11.8 Å². The SMILES string of the molecule is CNC(=O)[C@@H]1[C@@H]2CCC3(O2)C(C(=O)NC(C)C)N(CCCCCCO)C(=O)[C@H]13. The number of aliphatic hydroxyl groups is 1. The zero-order chi connectivity index (χ0) is 20.5. The second-order valence-electron chi connectivity index (χ2n) is 8.50. The number of fused-ring (bicyclic) bond motifs is 1. The predicted molar refractivity (Wildman–Crippen MR) is 102 cm³/mol. The quantitative estimate of drug-likeness (QED) is 0.483. The van der Waals surface area contributed by atoms with E-state index in [4.69, 9.17) is 9.84 Å². The summed E-state index contributed by atoms with van der Waals surface area (Å²) >= 11 is 0. The smallest absolute Gasteiger partial charge is 0.246 e. The first-order valence-corrected chi connectivity index (χ1v) is 10.5. The Bertz CT molecular complexity index is 625. The number of carbonyl (C=O) groups is 3. The molecule has 5 atom stereocenters. The van der Waals surface area contributed by atoms with Gasteiger partial charge in [-0.05, 0) is 39.5 Å². The van der Waals surface area contributed by atoms with Gasteiger partial charge in [-0.1, -0.05) is 12.8 Å². The van der Waals surface area contributed by atoms with E-state index in [1.165, 1.54) is 0 Å². The van der Waals surface area contributed by atoms with E-state index in [0.29, 0.717) is 19.4 Å². The van der Waals surface area contributed by atoms with Crippen molar-refractivity contribution in [2.75, 3.05) is 20.2 Å². The second-order valence-corrected chi connectivity index (χ2v) is 8.50. The maximum atomic E-state index is 13.4. The van der Waals surface area contributed by atoms with Crippen LogP contribution in [0.3, 0.4) is 0 Å². The third kappa shape index (κ3) is 3.41. The molecule has 28 heavy (non-hydrogen) atoms. The summed E-state index contributed by atoms with van der Waals surface area (Å²) in [6, 6.07) is -0.734. The molecule has 3 N–H and O–H groups in total. The zero-order valence-corrected chi connectivity index (χ0v) is 17.1. The molecule has 3 aliphatic rings. The predicted octanol–water partition coefficient (Wildman–Crippen LogP) is 0.184. The Balaban J connectivity index is 1.85. The Labute approximate surface area is 166 Å². The summed E-state index contributed by atoms with van der Waals surface area (Å²) in [6.07, 6.45) is 4.28. The van der Waals surface area contributed by atoms with Crippen molar-refractivity contribution in [3.05, 3.63) is 0 Å². The number of nitrogens with one attached hydrogen (secondary N) is 2. The van der Waals surface area contributed by atoms with Crippen LogP contribution in [0.4, 0.5) is 0 Å². The van der Waals surface area contributed by atoms with Crippen molar-refractivity contribution in [3.8, 4) is 0 Å². The fraction of sp³-hybridized carbons (Fsp3) is 0.850. The van der Waals surface area contributed by atoms with Crippen molar-refractivity contribution < 1.29 is 24.2 Å². The maximum absolute atomic E-state index is 13.4. The Morgan fingerprint density at radius 2 is 1.96 bits per heavy atom. The lowest BCUT2D eigenvalue weighted by molar-refractivity contribution is -0.142. The number of amides is 3. The van der Waals surface area contributed by atoms with E-state index in [0.717, 1.165) is 25.7 Å². The largest absolute Gasteiger partial charge is 0.396 e. The Morgan fingerprint density at radius 3 is 2.61 bits per heavy atom. The molecular weight excluding hydrogens is 362 g/mol. The lowest BCUT2D eigenvalue weighted by atomic mass is 9.70. The van der Waals surface area contributed by atoms with E-state index in [1.54, 1.807) is 11.9 Å². The first-order chi connectivity index (χ1) is 13.4. The highest BCUT2D eigenvalue weighted by Gasteiger charge is 2.74. The maximum Gasteiger partial charge on any atom is 0.246 e. The molecule has 2 unspecified atom stereocenters. The molecule has 0 radical (unpaired) electrons. The number of hydrogen-bond acceptors (Lipinski definition) is 5. The highest BCUT2D eigenvalue weighted by molar-refractivity contribution is 5.98. The van der Waals surface area contributed by atoms with Gasteiger partial charge < -0.3 is 25.4 Å². The van der Waals surface area contributed by atoms with Gasteiger partial charge in [-0.3, -0.25) is 14.4 Å². The molecule has 3 aliphatic heterocycles. The van der Waals surface area contributed by atoms with E-state index in [2.05, 4.69) is 10.6 Å². The topological polar surface area (TPSA) is 108 Å². The monoisotopic (exact) mass is 395 g/mol. The molecule has 158 valence electrons. The van der Waals surface area contributed by atoms with Gasteiger partial charge in [0, 0.05) is 26.2 Å². The number of nitrogens with zero attached hydrogens (tertiary/aromatic N) is 1. The Hall–Kier alpha value is -1.67. The van der Waals surface area contributed by atoms with Crippen molar-refractivity contribution in [1.29, 1.82) is 0 Å². The average molecular weight is 396 g/mol. The number of unbranched alkanes of at least 4 members (excludes halogenated alkanes) is 3. The number of likely N-dealkylation sites (tertiary alicyclic amines) is 1. The minimum atomic E-state index is -0.900. The molecule has 2 bridgehead atoms. The summed E-state index contributed by atoms with van der Waals surface area (Å²) in [5.41, 5.74) is -0.900. The average Bonchev–Trinajstić information content (AvgIpc) is 3.28. The minimum Gasteiger partial charge on any atom is -0.396 e. The number of carbonyl (C=O) groups excluding carboxylic acids is 3. The fourth-order valence-electron chi connectivity index (χ4n) is 5.27. The summed E-state index contributed by atoms with van der Waals surface area (Å²) in [5, 5.41) is 14.5. The molecule has 1 spiro atoms. The Morgan fingerprint density at radius 1 is 1.25 bits per heavy atom. The van der Waals surface area contributed by atoms with E-state index >= 15 is 0 Å². The third-order valence-electron chi connectivity index (χ3n) is 6.34. The lowest BCUT2D eigenvalue weighted by Crippen LogP contribution is -2.56. The van der Waals surface area contributed by atoms with Crippen LogP contribution in [0.2, 0.25) is 0 Å². The summed E-state index contributed by atoms with van der Waals surface area (Å²) in [4.78, 5) is 40.6. The first-order valence-electron chi connectivity index (χ1n) is 10.5. The molecule has 0 aromatic heterocycles. The van der Waals surface area contributed by atoms with Crippen molar-refractivity contribution >= 4 is 17.7 Å². The van der Waals surface area contributed by atoms with Gasteiger partial charge in [0.05, 0.1) is 17.9 Å². The van der Waals surface area contributed by atoms with Crippen molar-refractivity contribution in [1.82, 2.24) is 15.5 Å². The van der Waals surface area contributed by atoms with Crippen LogP contribution in [0.15, 0.2) is 0 Å². The van der Waals surface area contributed by atoms with Gasteiger partial charge in [-0.2, -0.15) is 0 Å². The molecule has 3 heterocycles. The van der Waals surface area contributed by atoms with E-state index in [1.807, 2.05) is 13.8 Å². The highest BCUT2D eigenvalue weighted by Crippen LogP contribution is 2.58. The molecule has 3 rings (SSSR count). The Kier molecular flexibility index (Phi) is 6.29. The van der Waals surface area contributed by atoms with Gasteiger partial charge in [0.25, 0.3) is 0 Å². The van der Waals surface area contributed by atoms with Crippen LogP contribution < -0.4 is 10.6 Å². The van der Waals surface area contributed by atoms with Gasteiger partial charge in [0.2, 0.25) is 17.7 Å². The molecule has 3 saturated heterocycles. The third-order valence-corrected chi connectivity index (χ3v) is 6.34. The van der Waals surface area contributed by atoms with Crippen LogP contribution in [0.25, 0.3) is 0 Å². The van der Waals surface area contributed by atoms with Gasteiger partial charge in [0.15, 0.2) is 0 Å². The first kappa shape index (κ1) is 21.0. The summed E-state index contributed by atoms with van der Waals surface area (Å²) < 4.78 is 6.26. The van der Waals surface area contributed by atoms with Crippen LogP contribution in [-0.2, 0) is 19.1 Å². The molecule has 0 aromatic rings. The summed E-state index contributed by atoms with van der Waals surface area (Å²) in [6.45, 7) is 4.41. The van der Waals surface area contributed by atoms with Crippen molar-refractivity contribution in [2.45, 2.75) is 76.2 Å². The summed E-state index contributed by atoms with van der Waals surface area (Å²) in [7, 11) is 1.57. The van der Waals surface area contributed by atoms with Crippen molar-refractivity contribution in [3.63, 3.8) is 0 Å². The number of rotatable bonds is 9. The van der Waals surface area contributed by atoms with Crippen LogP contribution in [0.5, 0.6) is 0 Å². The van der Waals surface area contributed by atoms with Gasteiger partial charge in [-0.15, -0.1) is 0 Å². The lowest BCUT2D eigenvalue weighted by Gasteiger charge is -2.34. The normalized spacial score (nSPS) is 33.5. The number of aliphatic hydroxyl groups excluding tert-OH is 1. The van der Waals surface area contributed by atoms with Crippen LogP contribution in [0, 0.1) is 11.8 Å². The molecule has 8 nitrogen and oxygen atoms in total. The summed E-state index contributed by atoms with van der Waals surface area (Å²) in [5.74, 6) is -1.63. The standard InChI is InChI=1S/C20H33N3O5/c1-12(2)22-18(26)16-20-9-8-13(28-20)14(17(25)21-3)15(20)19(27)23(16)10-6-4-5-7-11-24/h12-16,24H,4-11H2,1-3H3,(H,21,25)(H,22,26)/t13-,14+,15-,16?,20?/m0/s1. The zero-order valence-electron chi connectivity index (χ0n) is 17.1. The van der Waals surface area contributed by atoms with Gasteiger partial charge >= 0.3 is 0 Å². The number of hydrogen-bond donors (Lipinski definition) is 3. The molecule has 0 aliphatic carbocycles. The molecular formula is C20H33N3O5. The van der Waals surface area contributed by atoms with Crippen LogP contribution in [0.1, 0.15) is 52.4 Å². The van der Waals surface area contributed by atoms with Gasteiger partial charge in [0.1, 0.15) is 11.6 Å². The van der Waals surface area contributed by atoms with E-state index in [-0.39, 0.29) is 36.5 Å². The van der Waals surface area contributed by atoms with Gasteiger partial charge in [-0.25, -0.2) is 0 Å². The fourth-order valence-corrected chi connectivity index (χ4v) is 5.27. The number of ether oxygens (including phenoxy) is 1. The van der Waals surface area contributed by atoms with E-state index < -0.39 is 23.5 Å². The molecule has 8 heteroatoms.